The highest BCUT2D eigenvalue weighted by Crippen LogP contribution is 1.91. The average molecular weight is 94.5 g/mol. The SMILES string of the molecule is CCC(O)Cl. The molecule has 0 fully saturated rings. The molecule has 0 bridgehead atoms. The Morgan fingerprint density at radius 3 is 2.20 bits per heavy atom. The van der Waals surface area contributed by atoms with Gasteiger partial charge in [-0.2, -0.15) is 0 Å². The molecular weight excluding hydrogens is 87.5 g/mol. The summed E-state index contributed by atoms with van der Waals surface area (Å²) in [6, 6.07) is 0. The summed E-state index contributed by atoms with van der Waals surface area (Å²) in [7, 11) is 0. The molecule has 0 aliphatic rings. The van der Waals surface area contributed by atoms with E-state index in [2.05, 4.69) is 0 Å². The maximum Gasteiger partial charge on any atom is 0.127 e. The maximum absolute atomic E-state index is 8.13. The van der Waals surface area contributed by atoms with Gasteiger partial charge < -0.3 is 5.11 Å². The Labute approximate surface area is 36.6 Å². The average Bonchev–Trinajstić information content (AvgIpc) is 1.38. The van der Waals surface area contributed by atoms with Gasteiger partial charge in [-0.15, -0.1) is 0 Å². The highest BCUT2D eigenvalue weighted by molar-refractivity contribution is 6.19. The number of aliphatic hydroxyl groups is 1. The van der Waals surface area contributed by atoms with Gasteiger partial charge in [0.25, 0.3) is 0 Å². The molecule has 0 amide bonds. The molecule has 0 saturated carbocycles. The van der Waals surface area contributed by atoms with Crippen LogP contribution in [0.2, 0.25) is 0 Å². The van der Waals surface area contributed by atoms with E-state index in [4.69, 9.17) is 16.7 Å². The Balaban J connectivity index is 2.54. The van der Waals surface area contributed by atoms with E-state index in [1.165, 1.54) is 0 Å². The molecule has 0 rings (SSSR count). The van der Waals surface area contributed by atoms with Crippen molar-refractivity contribution in [2.45, 2.75) is 18.9 Å². The molecular formula is C3H7ClO. The lowest BCUT2D eigenvalue weighted by Gasteiger charge is -1.87. The molecule has 0 radical (unpaired) electrons. The Morgan fingerprint density at radius 1 is 2.00 bits per heavy atom. The van der Waals surface area contributed by atoms with Crippen LogP contribution in [0.1, 0.15) is 13.3 Å². The maximum atomic E-state index is 8.13. The number of hydrogen-bond donors (Lipinski definition) is 1. The van der Waals surface area contributed by atoms with Gasteiger partial charge in [-0.3, -0.25) is 0 Å². The molecule has 0 heterocycles. The van der Waals surface area contributed by atoms with E-state index in [9.17, 15) is 0 Å². The molecule has 32 valence electrons. The molecule has 0 aromatic heterocycles. The van der Waals surface area contributed by atoms with Crippen LogP contribution in [0, 0.1) is 0 Å². The Kier molecular flexibility index (Phi) is 2.61. The van der Waals surface area contributed by atoms with Crippen molar-refractivity contribution in [1.82, 2.24) is 0 Å². The largest absolute Gasteiger partial charge is 0.378 e. The Hall–Kier alpha value is 0.250. The van der Waals surface area contributed by atoms with Crippen molar-refractivity contribution in [3.8, 4) is 0 Å². The number of halogens is 1. The van der Waals surface area contributed by atoms with Gasteiger partial charge in [-0.1, -0.05) is 18.5 Å². The van der Waals surface area contributed by atoms with Crippen molar-refractivity contribution in [3.05, 3.63) is 0 Å². The molecule has 0 aliphatic carbocycles. The lowest BCUT2D eigenvalue weighted by molar-refractivity contribution is 0.252. The first kappa shape index (κ1) is 5.25. The van der Waals surface area contributed by atoms with E-state index in [1.54, 1.807) is 0 Å². The van der Waals surface area contributed by atoms with Crippen LogP contribution in [0.25, 0.3) is 0 Å². The van der Waals surface area contributed by atoms with Crippen LogP contribution in [0.5, 0.6) is 0 Å². The first-order chi connectivity index (χ1) is 2.27. The van der Waals surface area contributed by atoms with E-state index in [0.717, 1.165) is 0 Å². The van der Waals surface area contributed by atoms with Gasteiger partial charge in [0.15, 0.2) is 0 Å². The second-order valence-corrected chi connectivity index (χ2v) is 1.35. The molecule has 0 aromatic carbocycles. The fourth-order valence-corrected chi connectivity index (χ4v) is 0. The lowest BCUT2D eigenvalue weighted by Crippen LogP contribution is -1.88. The zero-order chi connectivity index (χ0) is 4.28. The van der Waals surface area contributed by atoms with E-state index >= 15 is 0 Å². The summed E-state index contributed by atoms with van der Waals surface area (Å²) in [6.07, 6.45) is 0.627. The van der Waals surface area contributed by atoms with Crippen molar-refractivity contribution in [2.75, 3.05) is 0 Å². The highest BCUT2D eigenvalue weighted by atomic mass is 35.5. The van der Waals surface area contributed by atoms with Crippen molar-refractivity contribution < 1.29 is 5.11 Å². The summed E-state index contributed by atoms with van der Waals surface area (Å²) >= 11 is 5.02. The van der Waals surface area contributed by atoms with Crippen LogP contribution in [0.15, 0.2) is 0 Å². The first-order valence-electron chi connectivity index (χ1n) is 1.59. The molecule has 0 saturated heterocycles. The van der Waals surface area contributed by atoms with Gasteiger partial charge in [0.1, 0.15) is 5.56 Å². The minimum atomic E-state index is -0.644. The van der Waals surface area contributed by atoms with Crippen LogP contribution in [0.4, 0.5) is 0 Å². The van der Waals surface area contributed by atoms with Gasteiger partial charge in [-0.25, -0.2) is 0 Å². The van der Waals surface area contributed by atoms with E-state index in [0.29, 0.717) is 6.42 Å². The summed E-state index contributed by atoms with van der Waals surface area (Å²) in [6.45, 7) is 1.82. The van der Waals surface area contributed by atoms with Crippen molar-refractivity contribution in [1.29, 1.82) is 0 Å². The summed E-state index contributed by atoms with van der Waals surface area (Å²) in [5.41, 5.74) is -0.644. The zero-order valence-corrected chi connectivity index (χ0v) is 3.87. The Bertz CT molecular complexity index is 20.9. The fraction of sp³-hybridized carbons (Fsp3) is 1.00. The fourth-order valence-electron chi connectivity index (χ4n) is 0. The second-order valence-electron chi connectivity index (χ2n) is 0.843. The lowest BCUT2D eigenvalue weighted by atomic mass is 10.5. The zero-order valence-electron chi connectivity index (χ0n) is 3.11. The first-order valence-corrected chi connectivity index (χ1v) is 2.03. The van der Waals surface area contributed by atoms with E-state index in [1.807, 2.05) is 6.92 Å². The molecule has 1 atom stereocenters. The van der Waals surface area contributed by atoms with E-state index < -0.39 is 5.56 Å². The van der Waals surface area contributed by atoms with Crippen molar-refractivity contribution in [3.63, 3.8) is 0 Å². The summed E-state index contributed by atoms with van der Waals surface area (Å²) in [5.74, 6) is 0. The topological polar surface area (TPSA) is 20.2 Å². The molecule has 1 unspecified atom stereocenters. The van der Waals surface area contributed by atoms with Gasteiger partial charge >= 0.3 is 0 Å². The number of hydrogen-bond acceptors (Lipinski definition) is 1. The number of aliphatic hydroxyl groups excluding tert-OH is 1. The van der Waals surface area contributed by atoms with Crippen LogP contribution in [-0.2, 0) is 0 Å². The quantitative estimate of drug-likeness (QED) is 0.480. The number of rotatable bonds is 1. The monoisotopic (exact) mass is 94.0 g/mol. The van der Waals surface area contributed by atoms with Gasteiger partial charge in [0, 0.05) is 0 Å². The summed E-state index contributed by atoms with van der Waals surface area (Å²) < 4.78 is 0. The molecule has 0 aromatic rings. The second kappa shape index (κ2) is 2.49. The van der Waals surface area contributed by atoms with Gasteiger partial charge in [0.05, 0.1) is 0 Å². The normalized spacial score (nSPS) is 15.0. The molecule has 5 heavy (non-hydrogen) atoms. The predicted molar refractivity (Wildman–Crippen MR) is 22.2 cm³/mol. The van der Waals surface area contributed by atoms with Gasteiger partial charge in [-0.05, 0) is 6.42 Å². The smallest absolute Gasteiger partial charge is 0.127 e. The molecule has 1 nitrogen and oxygen atoms in total. The van der Waals surface area contributed by atoms with Crippen LogP contribution < -0.4 is 0 Å². The minimum Gasteiger partial charge on any atom is -0.378 e. The van der Waals surface area contributed by atoms with E-state index in [-0.39, 0.29) is 0 Å². The van der Waals surface area contributed by atoms with Gasteiger partial charge in [0.2, 0.25) is 0 Å². The van der Waals surface area contributed by atoms with Crippen LogP contribution >= 0.6 is 11.6 Å². The van der Waals surface area contributed by atoms with Crippen LogP contribution in [0.3, 0.4) is 0 Å². The van der Waals surface area contributed by atoms with Crippen LogP contribution in [-0.4, -0.2) is 10.7 Å². The third-order valence-corrected chi connectivity index (χ3v) is 0.645. The summed E-state index contributed by atoms with van der Waals surface area (Å²) in [5, 5.41) is 8.13. The third-order valence-electron chi connectivity index (χ3n) is 0.337. The molecule has 1 N–H and O–H groups in total. The van der Waals surface area contributed by atoms with Crippen molar-refractivity contribution >= 4 is 11.6 Å². The molecule has 0 spiro atoms. The Morgan fingerprint density at radius 2 is 2.20 bits per heavy atom. The molecule has 2 heteroatoms. The number of alkyl halides is 1. The minimum absolute atomic E-state index is 0.627. The highest BCUT2D eigenvalue weighted by Gasteiger charge is 1.85. The summed E-state index contributed by atoms with van der Waals surface area (Å²) in [4.78, 5) is 0. The molecule has 0 aliphatic heterocycles. The third kappa shape index (κ3) is 4.25. The standard InChI is InChI=1S/C3H7ClO/c1-2-3(4)5/h3,5H,2H2,1H3. The predicted octanol–water partition coefficient (Wildman–Crippen LogP) is 0.954. The van der Waals surface area contributed by atoms with Crippen molar-refractivity contribution in [2.24, 2.45) is 0 Å².